The lowest BCUT2D eigenvalue weighted by Gasteiger charge is -1.99. The second-order valence-electron chi connectivity index (χ2n) is 4.09. The number of fused-ring (bicyclic) bond motifs is 1. The maximum absolute atomic E-state index is 5.82. The topological polar surface area (TPSA) is 92.8 Å². The first-order chi connectivity index (χ1) is 8.74. The normalized spacial score (nSPS) is 10.9. The van der Waals surface area contributed by atoms with Gasteiger partial charge in [0.05, 0.1) is 11.9 Å². The van der Waals surface area contributed by atoms with Crippen LogP contribution in [0.1, 0.15) is 11.3 Å². The van der Waals surface area contributed by atoms with Gasteiger partial charge in [0.1, 0.15) is 5.52 Å². The molecule has 0 fully saturated rings. The van der Waals surface area contributed by atoms with Crippen molar-refractivity contribution in [1.82, 2.24) is 15.2 Å². The molecule has 0 amide bonds. The number of nitrogen functional groups attached to an aromatic ring is 1. The molecule has 6 nitrogen and oxygen atoms in total. The van der Waals surface area contributed by atoms with Crippen molar-refractivity contribution in [3.8, 4) is 0 Å². The Morgan fingerprint density at radius 2 is 2.33 bits per heavy atom. The average molecular weight is 243 g/mol. The zero-order valence-electron chi connectivity index (χ0n) is 9.90. The minimum absolute atomic E-state index is 0.462. The summed E-state index contributed by atoms with van der Waals surface area (Å²) in [5.41, 5.74) is 9.90. The molecule has 0 aliphatic rings. The highest BCUT2D eigenvalue weighted by Crippen LogP contribution is 2.23. The Labute approximate surface area is 103 Å². The van der Waals surface area contributed by atoms with E-state index >= 15 is 0 Å². The van der Waals surface area contributed by atoms with Gasteiger partial charge < -0.3 is 15.5 Å². The van der Waals surface area contributed by atoms with E-state index in [0.717, 1.165) is 11.3 Å². The number of aromatic amines is 1. The number of aryl methyl sites for hydroxylation is 1. The number of para-hydroxylation sites is 1. The molecule has 1 aromatic carbocycles. The van der Waals surface area contributed by atoms with Gasteiger partial charge in [0.15, 0.2) is 5.58 Å². The Morgan fingerprint density at radius 1 is 1.44 bits per heavy atom. The number of aromatic nitrogens is 3. The third-order valence-corrected chi connectivity index (χ3v) is 2.81. The highest BCUT2D eigenvalue weighted by Gasteiger charge is 2.08. The van der Waals surface area contributed by atoms with Crippen molar-refractivity contribution in [3.63, 3.8) is 0 Å². The van der Waals surface area contributed by atoms with Crippen molar-refractivity contribution in [2.75, 3.05) is 11.1 Å². The second-order valence-corrected chi connectivity index (χ2v) is 4.09. The van der Waals surface area contributed by atoms with Crippen molar-refractivity contribution in [1.29, 1.82) is 0 Å². The van der Waals surface area contributed by atoms with Crippen LogP contribution in [-0.2, 0) is 6.54 Å². The van der Waals surface area contributed by atoms with E-state index in [1.165, 1.54) is 0 Å². The molecule has 2 heterocycles. The largest absolute Gasteiger partial charge is 0.423 e. The summed E-state index contributed by atoms with van der Waals surface area (Å²) in [4.78, 5) is 4.31. The average Bonchev–Trinajstić information content (AvgIpc) is 2.93. The van der Waals surface area contributed by atoms with Gasteiger partial charge in [-0.1, -0.05) is 6.07 Å². The number of rotatable bonds is 3. The molecule has 0 radical (unpaired) electrons. The number of hydrogen-bond donors (Lipinski definition) is 3. The summed E-state index contributed by atoms with van der Waals surface area (Å²) in [5, 5.41) is 9.95. The van der Waals surface area contributed by atoms with E-state index in [9.17, 15) is 0 Å². The Morgan fingerprint density at radius 3 is 3.06 bits per heavy atom. The fraction of sp³-hybridized carbons (Fsp3) is 0.167. The Balaban J connectivity index is 1.83. The second kappa shape index (κ2) is 4.06. The predicted molar refractivity (Wildman–Crippen MR) is 69.1 cm³/mol. The highest BCUT2D eigenvalue weighted by atomic mass is 16.4. The maximum atomic E-state index is 5.82. The number of hydrogen-bond acceptors (Lipinski definition) is 5. The van der Waals surface area contributed by atoms with Crippen LogP contribution in [0.5, 0.6) is 0 Å². The summed E-state index contributed by atoms with van der Waals surface area (Å²) in [6, 6.07) is 5.94. The fourth-order valence-corrected chi connectivity index (χ4v) is 1.77. The summed E-state index contributed by atoms with van der Waals surface area (Å²) in [6.45, 7) is 2.57. The van der Waals surface area contributed by atoms with Crippen molar-refractivity contribution >= 4 is 22.8 Å². The number of benzene rings is 1. The monoisotopic (exact) mass is 243 g/mol. The molecule has 6 heteroatoms. The number of nitrogens with one attached hydrogen (secondary N) is 2. The summed E-state index contributed by atoms with van der Waals surface area (Å²) < 4.78 is 5.55. The molecule has 0 aliphatic heterocycles. The summed E-state index contributed by atoms with van der Waals surface area (Å²) in [7, 11) is 0. The predicted octanol–water partition coefficient (Wildman–Crippen LogP) is 2.05. The molecule has 2 aromatic heterocycles. The Kier molecular flexibility index (Phi) is 2.40. The molecule has 0 atom stereocenters. The first-order valence-corrected chi connectivity index (χ1v) is 5.62. The van der Waals surface area contributed by atoms with E-state index in [0.29, 0.717) is 29.3 Å². The van der Waals surface area contributed by atoms with E-state index in [4.69, 9.17) is 10.2 Å². The molecule has 0 unspecified atom stereocenters. The third-order valence-electron chi connectivity index (χ3n) is 2.81. The molecule has 18 heavy (non-hydrogen) atoms. The Hall–Kier alpha value is -2.50. The van der Waals surface area contributed by atoms with Gasteiger partial charge in [0.2, 0.25) is 0 Å². The molecule has 0 bridgehead atoms. The molecule has 0 spiro atoms. The van der Waals surface area contributed by atoms with Crippen LogP contribution in [0.4, 0.5) is 11.7 Å². The summed E-state index contributed by atoms with van der Waals surface area (Å²) in [5.74, 6) is 0. The van der Waals surface area contributed by atoms with Crippen molar-refractivity contribution < 1.29 is 4.42 Å². The molecule has 3 rings (SSSR count). The van der Waals surface area contributed by atoms with Gasteiger partial charge in [-0.25, -0.2) is 0 Å². The van der Waals surface area contributed by atoms with Crippen LogP contribution in [0.25, 0.3) is 11.1 Å². The molecule has 4 N–H and O–H groups in total. The van der Waals surface area contributed by atoms with Gasteiger partial charge in [0.25, 0.3) is 6.01 Å². The SMILES string of the molecule is Cc1[nH]ncc1CNc1nc2c(N)cccc2o1. The van der Waals surface area contributed by atoms with Gasteiger partial charge >= 0.3 is 0 Å². The maximum Gasteiger partial charge on any atom is 0.296 e. The fourth-order valence-electron chi connectivity index (χ4n) is 1.77. The van der Waals surface area contributed by atoms with E-state index in [1.807, 2.05) is 19.1 Å². The minimum atomic E-state index is 0.462. The van der Waals surface area contributed by atoms with Crippen LogP contribution in [0, 0.1) is 6.92 Å². The number of anilines is 2. The van der Waals surface area contributed by atoms with E-state index in [2.05, 4.69) is 20.5 Å². The molecule has 3 aromatic rings. The van der Waals surface area contributed by atoms with Crippen LogP contribution in [0.2, 0.25) is 0 Å². The molecule has 0 aliphatic carbocycles. The van der Waals surface area contributed by atoms with Crippen LogP contribution in [-0.4, -0.2) is 15.2 Å². The number of nitrogens with zero attached hydrogens (tertiary/aromatic N) is 2. The first kappa shape index (κ1) is 10.6. The van der Waals surface area contributed by atoms with Gasteiger partial charge in [-0.05, 0) is 19.1 Å². The molecule has 92 valence electrons. The molecule has 0 saturated carbocycles. The van der Waals surface area contributed by atoms with Gasteiger partial charge in [-0.3, -0.25) is 5.10 Å². The summed E-state index contributed by atoms with van der Waals surface area (Å²) >= 11 is 0. The van der Waals surface area contributed by atoms with Crippen LogP contribution >= 0.6 is 0 Å². The first-order valence-electron chi connectivity index (χ1n) is 5.62. The number of H-pyrrole nitrogens is 1. The van der Waals surface area contributed by atoms with Crippen LogP contribution < -0.4 is 11.1 Å². The van der Waals surface area contributed by atoms with E-state index in [-0.39, 0.29) is 0 Å². The number of nitrogens with two attached hydrogens (primary N) is 1. The molecular weight excluding hydrogens is 230 g/mol. The lowest BCUT2D eigenvalue weighted by Crippen LogP contribution is -1.99. The Bertz CT molecular complexity index is 685. The lowest BCUT2D eigenvalue weighted by molar-refractivity contribution is 0.614. The van der Waals surface area contributed by atoms with Gasteiger partial charge in [-0.15, -0.1) is 0 Å². The standard InChI is InChI=1S/C12H13N5O/c1-7-8(6-15-17-7)5-14-12-16-11-9(13)3-2-4-10(11)18-12/h2-4,6H,5,13H2,1H3,(H,14,16)(H,15,17). The molecular formula is C12H13N5O. The van der Waals surface area contributed by atoms with E-state index in [1.54, 1.807) is 12.3 Å². The van der Waals surface area contributed by atoms with Crippen molar-refractivity contribution in [2.24, 2.45) is 0 Å². The summed E-state index contributed by atoms with van der Waals surface area (Å²) in [6.07, 6.45) is 1.78. The van der Waals surface area contributed by atoms with Gasteiger partial charge in [-0.2, -0.15) is 10.1 Å². The zero-order valence-corrected chi connectivity index (χ0v) is 9.90. The number of oxazole rings is 1. The van der Waals surface area contributed by atoms with Gasteiger partial charge in [0, 0.05) is 17.8 Å². The highest BCUT2D eigenvalue weighted by molar-refractivity contribution is 5.86. The molecule has 0 saturated heterocycles. The van der Waals surface area contributed by atoms with Crippen molar-refractivity contribution in [2.45, 2.75) is 13.5 Å². The van der Waals surface area contributed by atoms with Crippen LogP contribution in [0.3, 0.4) is 0 Å². The lowest BCUT2D eigenvalue weighted by atomic mass is 10.3. The minimum Gasteiger partial charge on any atom is -0.423 e. The quantitative estimate of drug-likeness (QED) is 0.612. The van der Waals surface area contributed by atoms with Crippen LogP contribution in [0.15, 0.2) is 28.8 Å². The zero-order chi connectivity index (χ0) is 12.5. The third kappa shape index (κ3) is 1.77. The van der Waals surface area contributed by atoms with E-state index < -0.39 is 0 Å². The smallest absolute Gasteiger partial charge is 0.296 e. The van der Waals surface area contributed by atoms with Crippen molar-refractivity contribution in [3.05, 3.63) is 35.7 Å².